The van der Waals surface area contributed by atoms with Crippen LogP contribution >= 0.6 is 11.3 Å². The molecule has 1 aromatic carbocycles. The van der Waals surface area contributed by atoms with Crippen LogP contribution < -0.4 is 5.32 Å². The largest absolute Gasteiger partial charge is 0.467 e. The van der Waals surface area contributed by atoms with Gasteiger partial charge in [0.2, 0.25) is 0 Å². The van der Waals surface area contributed by atoms with Crippen LogP contribution in [0.15, 0.2) is 46.4 Å². The fourth-order valence-corrected chi connectivity index (χ4v) is 3.78. The molecule has 0 unspecified atom stereocenters. The molecule has 0 fully saturated rings. The second-order valence-electron chi connectivity index (χ2n) is 6.72. The van der Waals surface area contributed by atoms with Crippen LogP contribution in [-0.2, 0) is 6.54 Å². The van der Waals surface area contributed by atoms with E-state index < -0.39 is 11.8 Å². The number of rotatable bonds is 5. The Balaban J connectivity index is 1.54. The van der Waals surface area contributed by atoms with E-state index in [1.807, 2.05) is 19.2 Å². The van der Waals surface area contributed by atoms with Gasteiger partial charge in [-0.25, -0.2) is 4.98 Å². The number of anilines is 1. The second kappa shape index (κ2) is 7.05. The molecule has 1 N–H and O–H groups in total. The zero-order valence-corrected chi connectivity index (χ0v) is 16.1. The summed E-state index contributed by atoms with van der Waals surface area (Å²) in [7, 11) is 0. The van der Waals surface area contributed by atoms with Gasteiger partial charge in [-0.15, -0.1) is 11.3 Å². The van der Waals surface area contributed by atoms with E-state index in [0.29, 0.717) is 16.5 Å². The van der Waals surface area contributed by atoms with Gasteiger partial charge in [0.25, 0.3) is 17.7 Å². The molecule has 0 saturated heterocycles. The standard InChI is InChI=1S/C20H17N3O4S/c1-11(2)16-10-28-20(21-16)22-17(24)12-5-6-14-15(8-12)19(26)23(18(14)25)9-13-4-3-7-27-13/h3-8,10-11H,9H2,1-2H3,(H,21,22,24). The van der Waals surface area contributed by atoms with Crippen molar-refractivity contribution in [3.63, 3.8) is 0 Å². The Morgan fingerprint density at radius 2 is 2.00 bits per heavy atom. The van der Waals surface area contributed by atoms with Gasteiger partial charge in [0, 0.05) is 10.9 Å². The van der Waals surface area contributed by atoms with Crippen LogP contribution in [0.4, 0.5) is 5.13 Å². The number of imide groups is 1. The van der Waals surface area contributed by atoms with E-state index in [1.165, 1.54) is 35.8 Å². The van der Waals surface area contributed by atoms with E-state index in [0.717, 1.165) is 10.6 Å². The van der Waals surface area contributed by atoms with Crippen LogP contribution in [0.5, 0.6) is 0 Å². The summed E-state index contributed by atoms with van der Waals surface area (Å²) in [6.45, 7) is 4.11. The molecular weight excluding hydrogens is 378 g/mol. The molecule has 0 radical (unpaired) electrons. The quantitative estimate of drug-likeness (QED) is 0.661. The van der Waals surface area contributed by atoms with E-state index in [4.69, 9.17) is 4.42 Å². The minimum atomic E-state index is -0.442. The Morgan fingerprint density at radius 3 is 2.68 bits per heavy atom. The number of nitrogens with zero attached hydrogens (tertiary/aromatic N) is 2. The predicted octanol–water partition coefficient (Wildman–Crippen LogP) is 3.91. The van der Waals surface area contributed by atoms with Gasteiger partial charge in [0.1, 0.15) is 5.76 Å². The van der Waals surface area contributed by atoms with Gasteiger partial charge in [-0.2, -0.15) is 0 Å². The third-order valence-corrected chi connectivity index (χ3v) is 5.24. The lowest BCUT2D eigenvalue weighted by Crippen LogP contribution is -2.28. The van der Waals surface area contributed by atoms with Crippen molar-refractivity contribution in [2.75, 3.05) is 5.32 Å². The van der Waals surface area contributed by atoms with Crippen molar-refractivity contribution in [1.82, 2.24) is 9.88 Å². The highest BCUT2D eigenvalue weighted by Crippen LogP contribution is 2.27. The second-order valence-corrected chi connectivity index (χ2v) is 7.58. The van der Waals surface area contributed by atoms with Crippen LogP contribution in [0.2, 0.25) is 0 Å². The zero-order valence-electron chi connectivity index (χ0n) is 15.3. The van der Waals surface area contributed by atoms with Crippen molar-refractivity contribution in [2.45, 2.75) is 26.3 Å². The van der Waals surface area contributed by atoms with Crippen LogP contribution in [0, 0.1) is 0 Å². The minimum Gasteiger partial charge on any atom is -0.467 e. The molecule has 4 rings (SSSR count). The SMILES string of the molecule is CC(C)c1csc(NC(=O)c2ccc3c(c2)C(=O)N(Cc2ccco2)C3=O)n1. The number of thiazole rings is 1. The maximum Gasteiger partial charge on any atom is 0.261 e. The molecule has 1 aliphatic rings. The molecule has 8 heteroatoms. The van der Waals surface area contributed by atoms with Gasteiger partial charge in [0.15, 0.2) is 5.13 Å². The number of fused-ring (bicyclic) bond motifs is 1. The molecular formula is C20H17N3O4S. The highest BCUT2D eigenvalue weighted by Gasteiger charge is 2.36. The molecule has 2 aromatic heterocycles. The topological polar surface area (TPSA) is 92.5 Å². The summed E-state index contributed by atoms with van der Waals surface area (Å²) in [5.41, 5.74) is 1.69. The number of nitrogens with one attached hydrogen (secondary N) is 1. The first-order valence-electron chi connectivity index (χ1n) is 8.73. The number of amides is 3. The Kier molecular flexibility index (Phi) is 4.56. The van der Waals surface area contributed by atoms with Gasteiger partial charge < -0.3 is 4.42 Å². The average Bonchev–Trinajstić information content (AvgIpc) is 3.40. The van der Waals surface area contributed by atoms with Gasteiger partial charge in [0.05, 0.1) is 29.6 Å². The molecule has 0 bridgehead atoms. The lowest BCUT2D eigenvalue weighted by Gasteiger charge is -2.11. The smallest absolute Gasteiger partial charge is 0.261 e. The molecule has 7 nitrogen and oxygen atoms in total. The summed E-state index contributed by atoms with van der Waals surface area (Å²) in [6, 6.07) is 7.88. The maximum atomic E-state index is 12.7. The van der Waals surface area contributed by atoms with Gasteiger partial charge >= 0.3 is 0 Å². The van der Waals surface area contributed by atoms with E-state index in [-0.39, 0.29) is 29.5 Å². The van der Waals surface area contributed by atoms with Crippen molar-refractivity contribution >= 4 is 34.2 Å². The van der Waals surface area contributed by atoms with Gasteiger partial charge in [-0.05, 0) is 36.2 Å². The third kappa shape index (κ3) is 3.22. The molecule has 0 saturated carbocycles. The number of furan rings is 1. The van der Waals surface area contributed by atoms with Crippen LogP contribution in [0.1, 0.15) is 62.3 Å². The van der Waals surface area contributed by atoms with E-state index in [2.05, 4.69) is 10.3 Å². The van der Waals surface area contributed by atoms with Crippen LogP contribution in [0.25, 0.3) is 0 Å². The normalized spacial score (nSPS) is 13.3. The van der Waals surface area contributed by atoms with Gasteiger partial charge in [-0.3, -0.25) is 24.6 Å². The Labute approximate surface area is 165 Å². The molecule has 1 aliphatic heterocycles. The summed E-state index contributed by atoms with van der Waals surface area (Å²) in [4.78, 5) is 43.2. The lowest BCUT2D eigenvalue weighted by molar-refractivity contribution is 0.0631. The molecule has 0 spiro atoms. The fraction of sp³-hybridized carbons (Fsp3) is 0.200. The molecule has 3 aromatic rings. The van der Waals surface area contributed by atoms with E-state index in [1.54, 1.807) is 12.1 Å². The summed E-state index contributed by atoms with van der Waals surface area (Å²) in [5, 5.41) is 5.14. The van der Waals surface area contributed by atoms with Crippen LogP contribution in [0.3, 0.4) is 0 Å². The maximum absolute atomic E-state index is 12.7. The fourth-order valence-electron chi connectivity index (χ4n) is 2.91. The third-order valence-electron chi connectivity index (χ3n) is 4.46. The number of aromatic nitrogens is 1. The summed E-state index contributed by atoms with van der Waals surface area (Å²) in [5.74, 6) is -0.438. The lowest BCUT2D eigenvalue weighted by atomic mass is 10.1. The zero-order chi connectivity index (χ0) is 19.8. The molecule has 0 atom stereocenters. The Bertz CT molecular complexity index is 1070. The summed E-state index contributed by atoms with van der Waals surface area (Å²) < 4.78 is 5.22. The number of carbonyl (C=O) groups is 3. The highest BCUT2D eigenvalue weighted by atomic mass is 32.1. The Hall–Kier alpha value is -3.26. The van der Waals surface area contributed by atoms with E-state index >= 15 is 0 Å². The first kappa shape index (κ1) is 18.1. The number of hydrogen-bond donors (Lipinski definition) is 1. The minimum absolute atomic E-state index is 0.0535. The molecule has 3 heterocycles. The van der Waals surface area contributed by atoms with Crippen molar-refractivity contribution in [3.8, 4) is 0 Å². The Morgan fingerprint density at radius 1 is 1.21 bits per heavy atom. The van der Waals surface area contributed by atoms with Gasteiger partial charge in [-0.1, -0.05) is 13.8 Å². The number of carbonyl (C=O) groups excluding carboxylic acids is 3. The molecule has 0 aliphatic carbocycles. The van der Waals surface area contributed by atoms with Crippen LogP contribution in [-0.4, -0.2) is 27.6 Å². The molecule has 142 valence electrons. The molecule has 28 heavy (non-hydrogen) atoms. The average molecular weight is 395 g/mol. The summed E-state index contributed by atoms with van der Waals surface area (Å²) >= 11 is 1.35. The first-order valence-corrected chi connectivity index (χ1v) is 9.61. The predicted molar refractivity (Wildman–Crippen MR) is 104 cm³/mol. The van der Waals surface area contributed by atoms with Crippen molar-refractivity contribution < 1.29 is 18.8 Å². The summed E-state index contributed by atoms with van der Waals surface area (Å²) in [6.07, 6.45) is 1.49. The number of benzene rings is 1. The van der Waals surface area contributed by atoms with Crippen molar-refractivity contribution in [1.29, 1.82) is 0 Å². The van der Waals surface area contributed by atoms with Crippen molar-refractivity contribution in [2.24, 2.45) is 0 Å². The van der Waals surface area contributed by atoms with E-state index in [9.17, 15) is 14.4 Å². The monoisotopic (exact) mass is 395 g/mol. The highest BCUT2D eigenvalue weighted by molar-refractivity contribution is 7.14. The van der Waals surface area contributed by atoms with Crippen molar-refractivity contribution in [3.05, 3.63) is 70.1 Å². The molecule has 3 amide bonds. The first-order chi connectivity index (χ1) is 13.4. The number of hydrogen-bond acceptors (Lipinski definition) is 6.